The largest absolute Gasteiger partial charge is 0.490 e. The first kappa shape index (κ1) is 15.6. The van der Waals surface area contributed by atoms with Crippen molar-refractivity contribution in [2.75, 3.05) is 13.2 Å². The summed E-state index contributed by atoms with van der Waals surface area (Å²) < 4.78 is 11.4. The molecule has 0 bridgehead atoms. The normalized spacial score (nSPS) is 10.5. The maximum Gasteiger partial charge on any atom is 0.122 e. The molecule has 0 unspecified atom stereocenters. The zero-order chi connectivity index (χ0) is 15.6. The molecule has 2 aromatic rings. The van der Waals surface area contributed by atoms with E-state index in [1.807, 2.05) is 54.6 Å². The highest BCUT2D eigenvalue weighted by Crippen LogP contribution is 2.18. The molecule has 22 heavy (non-hydrogen) atoms. The molecule has 4 heteroatoms. The van der Waals surface area contributed by atoms with Crippen LogP contribution in [0.2, 0.25) is 0 Å². The minimum absolute atomic E-state index is 0.454. The number of ether oxygens (including phenoxy) is 2. The van der Waals surface area contributed by atoms with Crippen LogP contribution in [0.1, 0.15) is 11.1 Å². The van der Waals surface area contributed by atoms with Gasteiger partial charge in [0.1, 0.15) is 24.7 Å². The first-order chi connectivity index (χ1) is 10.8. The third-order valence-electron chi connectivity index (χ3n) is 3.03. The Kier molecular flexibility index (Phi) is 6.05. The van der Waals surface area contributed by atoms with Gasteiger partial charge in [-0.3, -0.25) is 0 Å². The maximum atomic E-state index is 8.45. The number of hydrogen-bond acceptors (Lipinski definition) is 4. The first-order valence-corrected chi connectivity index (χ1v) is 7.05. The Hall–Kier alpha value is -2.75. The number of rotatable bonds is 8. The number of hydrogen-bond donors (Lipinski definition) is 1. The van der Waals surface area contributed by atoms with Crippen LogP contribution < -0.4 is 9.47 Å². The van der Waals surface area contributed by atoms with E-state index in [1.165, 1.54) is 6.21 Å². The Labute approximate surface area is 130 Å². The van der Waals surface area contributed by atoms with E-state index in [2.05, 4.69) is 11.7 Å². The van der Waals surface area contributed by atoms with Crippen LogP contribution in [-0.2, 0) is 6.42 Å². The predicted octanol–water partition coefficient (Wildman–Crippen LogP) is 3.68. The molecule has 2 rings (SSSR count). The summed E-state index contributed by atoms with van der Waals surface area (Å²) in [6, 6.07) is 15.2. The average molecular weight is 297 g/mol. The van der Waals surface area contributed by atoms with Gasteiger partial charge in [-0.25, -0.2) is 0 Å². The van der Waals surface area contributed by atoms with E-state index in [1.54, 1.807) is 0 Å². The number of nitrogens with zero attached hydrogens (tertiary/aromatic N) is 1. The van der Waals surface area contributed by atoms with E-state index >= 15 is 0 Å². The van der Waals surface area contributed by atoms with Crippen LogP contribution in [0.15, 0.2) is 66.3 Å². The molecule has 0 radical (unpaired) electrons. The molecule has 0 saturated heterocycles. The lowest BCUT2D eigenvalue weighted by atomic mass is 10.1. The van der Waals surface area contributed by atoms with Gasteiger partial charge in [0.15, 0.2) is 0 Å². The van der Waals surface area contributed by atoms with Crippen LogP contribution in [-0.4, -0.2) is 24.6 Å². The molecule has 0 aliphatic rings. The fourth-order valence-electron chi connectivity index (χ4n) is 2.00. The summed E-state index contributed by atoms with van der Waals surface area (Å²) in [7, 11) is 0. The van der Waals surface area contributed by atoms with Crippen LogP contribution in [0, 0.1) is 0 Å². The van der Waals surface area contributed by atoms with Gasteiger partial charge in [0.2, 0.25) is 0 Å². The highest BCUT2D eigenvalue weighted by Gasteiger charge is 2.01. The number of benzene rings is 2. The van der Waals surface area contributed by atoms with Crippen molar-refractivity contribution in [2.24, 2.45) is 5.16 Å². The van der Waals surface area contributed by atoms with Crippen molar-refractivity contribution in [1.29, 1.82) is 0 Å². The average Bonchev–Trinajstić information content (AvgIpc) is 2.55. The maximum absolute atomic E-state index is 8.45. The van der Waals surface area contributed by atoms with Crippen molar-refractivity contribution in [3.05, 3.63) is 72.3 Å². The third kappa shape index (κ3) is 4.66. The summed E-state index contributed by atoms with van der Waals surface area (Å²) in [4.78, 5) is 0. The summed E-state index contributed by atoms with van der Waals surface area (Å²) in [5.74, 6) is 1.61. The zero-order valence-corrected chi connectivity index (χ0v) is 12.3. The van der Waals surface area contributed by atoms with Gasteiger partial charge in [-0.15, -0.1) is 6.58 Å². The van der Waals surface area contributed by atoms with E-state index in [4.69, 9.17) is 14.7 Å². The predicted molar refractivity (Wildman–Crippen MR) is 87.2 cm³/mol. The van der Waals surface area contributed by atoms with E-state index in [-0.39, 0.29) is 0 Å². The Morgan fingerprint density at radius 2 is 1.73 bits per heavy atom. The minimum atomic E-state index is 0.454. The standard InChI is InChI=1S/C18H19NO3/c1-2-5-16-6-3-4-7-18(16)22-13-12-21-17-10-8-15(9-11-17)14-19-20/h2-4,6-11,14,20H,1,5,12-13H2. The van der Waals surface area contributed by atoms with Crippen molar-refractivity contribution in [1.82, 2.24) is 0 Å². The molecular weight excluding hydrogens is 278 g/mol. The SMILES string of the molecule is C=CCc1ccccc1OCCOc1ccc(C=NO)cc1. The number of oxime groups is 1. The van der Waals surface area contributed by atoms with E-state index in [9.17, 15) is 0 Å². The molecule has 0 fully saturated rings. The first-order valence-electron chi connectivity index (χ1n) is 7.05. The van der Waals surface area contributed by atoms with E-state index < -0.39 is 0 Å². The molecule has 0 heterocycles. The van der Waals surface area contributed by atoms with E-state index in [0.717, 1.165) is 29.0 Å². The van der Waals surface area contributed by atoms with Gasteiger partial charge >= 0.3 is 0 Å². The van der Waals surface area contributed by atoms with Crippen LogP contribution in [0.25, 0.3) is 0 Å². The van der Waals surface area contributed by atoms with Crippen molar-refractivity contribution in [2.45, 2.75) is 6.42 Å². The van der Waals surface area contributed by atoms with Gasteiger partial charge in [-0.05, 0) is 47.9 Å². The minimum Gasteiger partial charge on any atom is -0.490 e. The molecule has 0 amide bonds. The van der Waals surface area contributed by atoms with Gasteiger partial charge in [-0.2, -0.15) is 0 Å². The molecule has 0 atom stereocenters. The second kappa shape index (κ2) is 8.52. The number of para-hydroxylation sites is 1. The fourth-order valence-corrected chi connectivity index (χ4v) is 2.00. The monoisotopic (exact) mass is 297 g/mol. The summed E-state index contributed by atoms with van der Waals surface area (Å²) >= 11 is 0. The van der Waals surface area contributed by atoms with Gasteiger partial charge < -0.3 is 14.7 Å². The lowest BCUT2D eigenvalue weighted by Crippen LogP contribution is -2.09. The third-order valence-corrected chi connectivity index (χ3v) is 3.03. The fraction of sp³-hybridized carbons (Fsp3) is 0.167. The van der Waals surface area contributed by atoms with Crippen LogP contribution in [0.4, 0.5) is 0 Å². The molecule has 2 aromatic carbocycles. The van der Waals surface area contributed by atoms with Crippen molar-refractivity contribution >= 4 is 6.21 Å². The molecule has 0 saturated carbocycles. The van der Waals surface area contributed by atoms with Gasteiger partial charge in [0.25, 0.3) is 0 Å². The lowest BCUT2D eigenvalue weighted by molar-refractivity contribution is 0.216. The summed E-state index contributed by atoms with van der Waals surface area (Å²) in [5.41, 5.74) is 1.93. The zero-order valence-electron chi connectivity index (χ0n) is 12.3. The summed E-state index contributed by atoms with van der Waals surface area (Å²) in [6.45, 7) is 4.67. The van der Waals surface area contributed by atoms with E-state index in [0.29, 0.717) is 13.2 Å². The molecule has 114 valence electrons. The molecule has 1 N–H and O–H groups in total. The number of allylic oxidation sites excluding steroid dienone is 1. The Bertz CT molecular complexity index is 620. The quantitative estimate of drug-likeness (QED) is 0.266. The molecule has 4 nitrogen and oxygen atoms in total. The van der Waals surface area contributed by atoms with Crippen molar-refractivity contribution < 1.29 is 14.7 Å². The van der Waals surface area contributed by atoms with Crippen molar-refractivity contribution in [3.8, 4) is 11.5 Å². The Morgan fingerprint density at radius 1 is 1.00 bits per heavy atom. The Morgan fingerprint density at radius 3 is 2.45 bits per heavy atom. The summed E-state index contributed by atoms with van der Waals surface area (Å²) in [6.07, 6.45) is 4.00. The highest BCUT2D eigenvalue weighted by atomic mass is 16.5. The second-order valence-electron chi connectivity index (χ2n) is 4.61. The second-order valence-corrected chi connectivity index (χ2v) is 4.61. The molecule has 0 aliphatic heterocycles. The molecule has 0 aliphatic carbocycles. The highest BCUT2D eigenvalue weighted by molar-refractivity contribution is 5.79. The molecule has 0 spiro atoms. The van der Waals surface area contributed by atoms with Gasteiger partial charge in [-0.1, -0.05) is 29.4 Å². The lowest BCUT2D eigenvalue weighted by Gasteiger charge is -2.11. The van der Waals surface area contributed by atoms with Gasteiger partial charge in [0, 0.05) is 0 Å². The summed E-state index contributed by atoms with van der Waals surface area (Å²) in [5, 5.41) is 11.4. The Balaban J connectivity index is 1.80. The van der Waals surface area contributed by atoms with Gasteiger partial charge in [0.05, 0.1) is 6.21 Å². The topological polar surface area (TPSA) is 51.0 Å². The van der Waals surface area contributed by atoms with Crippen LogP contribution in [0.5, 0.6) is 11.5 Å². The smallest absolute Gasteiger partial charge is 0.122 e. The van der Waals surface area contributed by atoms with Crippen LogP contribution >= 0.6 is 0 Å². The van der Waals surface area contributed by atoms with Crippen molar-refractivity contribution in [3.63, 3.8) is 0 Å². The van der Waals surface area contributed by atoms with Crippen LogP contribution in [0.3, 0.4) is 0 Å². The molecule has 0 aromatic heterocycles. The molecular formula is C18H19NO3.